The average molecular weight is 331 g/mol. The van der Waals surface area contributed by atoms with E-state index in [1.807, 2.05) is 0 Å². The van der Waals surface area contributed by atoms with Crippen LogP contribution in [0.2, 0.25) is 0 Å². The number of rotatable bonds is 5. The van der Waals surface area contributed by atoms with Crippen molar-refractivity contribution in [2.75, 3.05) is 0 Å². The molecule has 0 fully saturated rings. The Morgan fingerprint density at radius 3 is 1.25 bits per heavy atom. The van der Waals surface area contributed by atoms with E-state index in [2.05, 4.69) is 0 Å². The van der Waals surface area contributed by atoms with Crippen LogP contribution in [0.25, 0.3) is 0 Å². The zero-order chi connectivity index (χ0) is 15.1. The SMILES string of the molecule is N.O=C(O)CC(O)(CC(=O)O)C(=O)O.O=P(O)(O)O.[H-].[Na+]. The molecule has 0 saturated heterocycles. The first-order valence-electron chi connectivity index (χ1n) is 3.95. The second kappa shape index (κ2) is 11.1. The molecular formula is C6H15NNaO11P. The minimum atomic E-state index is -4.64. The Labute approximate surface area is 135 Å². The fraction of sp³-hybridized carbons (Fsp3) is 0.500. The van der Waals surface area contributed by atoms with E-state index in [0.29, 0.717) is 0 Å². The minimum Gasteiger partial charge on any atom is -1.00 e. The summed E-state index contributed by atoms with van der Waals surface area (Å²) in [5.41, 5.74) is -2.74. The molecule has 0 amide bonds. The van der Waals surface area contributed by atoms with E-state index in [0.717, 1.165) is 0 Å². The summed E-state index contributed by atoms with van der Waals surface area (Å²) in [6.45, 7) is 0. The molecular weight excluding hydrogens is 316 g/mol. The molecule has 0 aromatic rings. The van der Waals surface area contributed by atoms with E-state index in [1.54, 1.807) is 0 Å². The number of aliphatic carboxylic acids is 3. The Balaban J connectivity index is -0.0000000933. The van der Waals surface area contributed by atoms with Gasteiger partial charge in [0, 0.05) is 0 Å². The molecule has 0 aliphatic carbocycles. The van der Waals surface area contributed by atoms with Gasteiger partial charge < -0.3 is 42.7 Å². The molecule has 116 valence electrons. The molecule has 0 bridgehead atoms. The summed E-state index contributed by atoms with van der Waals surface area (Å²) in [7, 11) is -4.64. The first-order chi connectivity index (χ1) is 7.78. The van der Waals surface area contributed by atoms with Gasteiger partial charge in [0.1, 0.15) is 0 Å². The molecule has 12 nitrogen and oxygen atoms in total. The topological polar surface area (TPSA) is 245 Å². The van der Waals surface area contributed by atoms with Crippen molar-refractivity contribution in [3.05, 3.63) is 0 Å². The van der Waals surface area contributed by atoms with Gasteiger partial charge in [0.25, 0.3) is 0 Å². The minimum absolute atomic E-state index is 0. The molecule has 0 aliphatic heterocycles. The van der Waals surface area contributed by atoms with Crippen LogP contribution < -0.4 is 35.7 Å². The fourth-order valence-corrected chi connectivity index (χ4v) is 0.714. The van der Waals surface area contributed by atoms with Gasteiger partial charge in [-0.05, 0) is 0 Å². The van der Waals surface area contributed by atoms with Crippen LogP contribution in [0, 0.1) is 0 Å². The normalized spacial score (nSPS) is 10.0. The van der Waals surface area contributed by atoms with Crippen molar-refractivity contribution in [3.63, 3.8) is 0 Å². The van der Waals surface area contributed by atoms with E-state index in [9.17, 15) is 14.4 Å². The maximum Gasteiger partial charge on any atom is 1.00 e. The van der Waals surface area contributed by atoms with Crippen molar-refractivity contribution in [1.29, 1.82) is 0 Å². The second-order valence-corrected chi connectivity index (χ2v) is 4.02. The molecule has 0 aliphatic rings. The van der Waals surface area contributed by atoms with Crippen molar-refractivity contribution < 1.29 is 85.0 Å². The smallest absolute Gasteiger partial charge is 1.00 e. The third-order valence-electron chi connectivity index (χ3n) is 1.29. The molecule has 20 heavy (non-hydrogen) atoms. The second-order valence-electron chi connectivity index (χ2n) is 2.99. The summed E-state index contributed by atoms with van der Waals surface area (Å²) >= 11 is 0. The maximum absolute atomic E-state index is 10.3. The summed E-state index contributed by atoms with van der Waals surface area (Å²) in [6.07, 6.45) is -2.29. The predicted octanol–water partition coefficient (Wildman–Crippen LogP) is -4.90. The van der Waals surface area contributed by atoms with Crippen molar-refractivity contribution in [1.82, 2.24) is 6.15 Å². The van der Waals surface area contributed by atoms with Crippen molar-refractivity contribution >= 4 is 25.7 Å². The number of hydrogen-bond acceptors (Lipinski definition) is 6. The zero-order valence-electron chi connectivity index (χ0n) is 11.3. The summed E-state index contributed by atoms with van der Waals surface area (Å²) in [5.74, 6) is -5.02. The molecule has 0 radical (unpaired) electrons. The molecule has 0 saturated carbocycles. The third-order valence-corrected chi connectivity index (χ3v) is 1.29. The van der Waals surface area contributed by atoms with E-state index in [1.165, 1.54) is 0 Å². The first-order valence-corrected chi connectivity index (χ1v) is 5.52. The largest absolute Gasteiger partial charge is 1.00 e. The van der Waals surface area contributed by atoms with Gasteiger partial charge >= 0.3 is 55.3 Å². The van der Waals surface area contributed by atoms with Crippen molar-refractivity contribution in [2.45, 2.75) is 18.4 Å². The van der Waals surface area contributed by atoms with Crippen LogP contribution in [0.3, 0.4) is 0 Å². The third kappa shape index (κ3) is 19.8. The van der Waals surface area contributed by atoms with Crippen LogP contribution in [-0.2, 0) is 18.9 Å². The van der Waals surface area contributed by atoms with Gasteiger partial charge in [-0.2, -0.15) is 0 Å². The summed E-state index contributed by atoms with van der Waals surface area (Å²) < 4.78 is 8.88. The van der Waals surface area contributed by atoms with Crippen LogP contribution in [0.5, 0.6) is 0 Å². The number of carboxylic acids is 3. The number of phosphoric acid groups is 1. The van der Waals surface area contributed by atoms with Gasteiger partial charge in [-0.1, -0.05) is 0 Å². The predicted molar refractivity (Wildman–Crippen MR) is 57.5 cm³/mol. The van der Waals surface area contributed by atoms with Gasteiger partial charge in [-0.3, -0.25) is 9.59 Å². The Morgan fingerprint density at radius 1 is 0.950 bits per heavy atom. The molecule has 0 aromatic carbocycles. The van der Waals surface area contributed by atoms with E-state index >= 15 is 0 Å². The standard InChI is InChI=1S/C6H8O7.H3N.Na.H3O4P.H/c7-3(8)1-6(13,5(11)12)2-4(9)10;;;1-5(2,3)4;/h13H,1-2H2,(H,7,8)(H,9,10)(H,11,12);1H3;;(H3,1,2,3,4);/q;;+1;;-1. The van der Waals surface area contributed by atoms with Gasteiger partial charge in [0.05, 0.1) is 12.8 Å². The number of carbonyl (C=O) groups is 3. The summed E-state index contributed by atoms with van der Waals surface area (Å²) in [6, 6.07) is 0. The molecule has 0 spiro atoms. The van der Waals surface area contributed by atoms with Crippen LogP contribution in [0.1, 0.15) is 14.3 Å². The Hall–Kier alpha value is -0.560. The Bertz CT molecular complexity index is 361. The Morgan fingerprint density at radius 2 is 1.15 bits per heavy atom. The average Bonchev–Trinajstić information content (AvgIpc) is 1.95. The van der Waals surface area contributed by atoms with Crippen molar-refractivity contribution in [3.8, 4) is 0 Å². The van der Waals surface area contributed by atoms with E-state index in [4.69, 9.17) is 39.7 Å². The summed E-state index contributed by atoms with van der Waals surface area (Å²) in [5, 5.41) is 33.8. The Kier molecular flexibility index (Phi) is 15.4. The molecule has 0 rings (SSSR count). The van der Waals surface area contributed by atoms with Crippen LogP contribution >= 0.6 is 7.82 Å². The fourth-order valence-electron chi connectivity index (χ4n) is 0.714. The van der Waals surface area contributed by atoms with E-state index in [-0.39, 0.29) is 37.1 Å². The number of aliphatic hydroxyl groups is 1. The molecule has 0 aromatic heterocycles. The van der Waals surface area contributed by atoms with Gasteiger partial charge in [-0.25, -0.2) is 9.36 Å². The van der Waals surface area contributed by atoms with Gasteiger partial charge in [-0.15, -0.1) is 0 Å². The molecule has 10 N–H and O–H groups in total. The van der Waals surface area contributed by atoms with Gasteiger partial charge in [0.2, 0.25) is 0 Å². The molecule has 0 unspecified atom stereocenters. The van der Waals surface area contributed by atoms with Crippen LogP contribution in [0.4, 0.5) is 0 Å². The maximum atomic E-state index is 10.3. The quantitative estimate of drug-likeness (QED) is 0.174. The molecule has 0 heterocycles. The summed E-state index contributed by atoms with van der Waals surface area (Å²) in [4.78, 5) is 52.0. The number of hydrogen-bond donors (Lipinski definition) is 8. The first kappa shape index (κ1) is 27.7. The van der Waals surface area contributed by atoms with Gasteiger partial charge in [0.15, 0.2) is 5.60 Å². The molecule has 0 atom stereocenters. The van der Waals surface area contributed by atoms with Crippen molar-refractivity contribution in [2.24, 2.45) is 0 Å². The molecule has 14 heteroatoms. The monoisotopic (exact) mass is 331 g/mol. The van der Waals surface area contributed by atoms with Crippen LogP contribution in [0.15, 0.2) is 0 Å². The number of carboxylic acid groups (broad SMARTS) is 3. The van der Waals surface area contributed by atoms with E-state index < -0.39 is 44.2 Å². The zero-order valence-corrected chi connectivity index (χ0v) is 13.2. The van der Waals surface area contributed by atoms with Crippen LogP contribution in [-0.4, -0.2) is 58.6 Å².